The van der Waals surface area contributed by atoms with E-state index in [2.05, 4.69) is 5.32 Å². The van der Waals surface area contributed by atoms with Gasteiger partial charge in [-0.3, -0.25) is 19.3 Å². The number of carbonyl (C=O) groups is 3. The highest BCUT2D eigenvalue weighted by Crippen LogP contribution is 2.39. The van der Waals surface area contributed by atoms with Gasteiger partial charge < -0.3 is 19.7 Å². The van der Waals surface area contributed by atoms with Gasteiger partial charge in [0.1, 0.15) is 23.3 Å². The van der Waals surface area contributed by atoms with Crippen LogP contribution in [0.2, 0.25) is 0 Å². The molecule has 36 heavy (non-hydrogen) atoms. The molecule has 0 bridgehead atoms. The number of likely N-dealkylation sites (tertiary alicyclic amines) is 1. The first kappa shape index (κ1) is 25.6. The van der Waals surface area contributed by atoms with Crippen molar-refractivity contribution < 1.29 is 28.2 Å². The predicted octanol–water partition coefficient (Wildman–Crippen LogP) is 3.22. The van der Waals surface area contributed by atoms with Gasteiger partial charge in [-0.05, 0) is 49.7 Å². The number of ether oxygens (including phenoxy) is 2. The van der Waals surface area contributed by atoms with Crippen molar-refractivity contribution in [3.8, 4) is 5.75 Å². The van der Waals surface area contributed by atoms with Gasteiger partial charge in [-0.1, -0.05) is 19.1 Å². The fourth-order valence-corrected chi connectivity index (χ4v) is 4.77. The Bertz CT molecular complexity index is 1130. The van der Waals surface area contributed by atoms with E-state index >= 15 is 0 Å². The Balaban J connectivity index is 1.57. The van der Waals surface area contributed by atoms with E-state index in [1.807, 2.05) is 13.8 Å². The summed E-state index contributed by atoms with van der Waals surface area (Å²) >= 11 is 0. The number of carbonyl (C=O) groups excluding carboxylic acids is 3. The normalized spacial score (nSPS) is 19.7. The molecular weight excluding hydrogens is 465 g/mol. The van der Waals surface area contributed by atoms with Gasteiger partial charge in [0, 0.05) is 43.1 Å². The number of hydrogen-bond acceptors (Lipinski definition) is 5. The number of halogens is 1. The van der Waals surface area contributed by atoms with E-state index < -0.39 is 23.5 Å². The van der Waals surface area contributed by atoms with Crippen LogP contribution in [-0.2, 0) is 9.53 Å². The molecule has 4 rings (SSSR count). The predicted molar refractivity (Wildman–Crippen MR) is 131 cm³/mol. The summed E-state index contributed by atoms with van der Waals surface area (Å²) in [6, 6.07) is 11.5. The lowest BCUT2D eigenvalue weighted by Crippen LogP contribution is -2.60. The molecule has 0 aromatic heterocycles. The second-order valence-electron chi connectivity index (χ2n) is 9.30. The van der Waals surface area contributed by atoms with Crippen molar-refractivity contribution in [2.24, 2.45) is 0 Å². The lowest BCUT2D eigenvalue weighted by Gasteiger charge is -2.44. The summed E-state index contributed by atoms with van der Waals surface area (Å²) in [6.45, 7) is 4.56. The Kier molecular flexibility index (Phi) is 7.59. The van der Waals surface area contributed by atoms with E-state index in [4.69, 9.17) is 9.47 Å². The Morgan fingerprint density at radius 2 is 1.78 bits per heavy atom. The highest BCUT2D eigenvalue weighted by molar-refractivity contribution is 5.98. The number of rotatable bonds is 6. The summed E-state index contributed by atoms with van der Waals surface area (Å²) in [7, 11) is 1.55. The molecule has 2 aliphatic rings. The van der Waals surface area contributed by atoms with Crippen molar-refractivity contribution in [2.45, 2.75) is 50.9 Å². The van der Waals surface area contributed by atoms with Crippen LogP contribution in [0, 0.1) is 5.82 Å². The number of hydrogen-bond donors (Lipinski definition) is 1. The van der Waals surface area contributed by atoms with E-state index in [-0.39, 0.29) is 30.0 Å². The highest BCUT2D eigenvalue weighted by atomic mass is 19.1. The fourth-order valence-electron chi connectivity index (χ4n) is 4.77. The molecule has 0 aliphatic carbocycles. The topological polar surface area (TPSA) is 88.2 Å². The molecule has 9 heteroatoms. The lowest BCUT2D eigenvalue weighted by molar-refractivity contribution is -0.128. The molecule has 8 nitrogen and oxygen atoms in total. The Labute approximate surface area is 210 Å². The van der Waals surface area contributed by atoms with Crippen LogP contribution in [-0.4, -0.2) is 72.1 Å². The van der Waals surface area contributed by atoms with Gasteiger partial charge >= 0.3 is 0 Å². The molecule has 3 amide bonds. The molecule has 1 spiro atoms. The summed E-state index contributed by atoms with van der Waals surface area (Å²) < 4.78 is 25.4. The summed E-state index contributed by atoms with van der Waals surface area (Å²) in [5.41, 5.74) is -0.404. The van der Waals surface area contributed by atoms with Gasteiger partial charge in [-0.2, -0.15) is 0 Å². The van der Waals surface area contributed by atoms with Crippen LogP contribution < -0.4 is 10.1 Å². The third kappa shape index (κ3) is 5.06. The zero-order valence-corrected chi connectivity index (χ0v) is 20.8. The smallest absolute Gasteiger partial charge is 0.256 e. The number of nitrogens with one attached hydrogen (secondary N) is 1. The average molecular weight is 498 g/mol. The fraction of sp³-hybridized carbons (Fsp3) is 0.444. The largest absolute Gasteiger partial charge is 0.497 e. The zero-order chi connectivity index (χ0) is 25.9. The molecule has 0 saturated carbocycles. The number of piperidine rings is 1. The first-order chi connectivity index (χ1) is 17.3. The van der Waals surface area contributed by atoms with E-state index in [1.165, 1.54) is 29.2 Å². The standard InChI is InChI=1S/C27H32FN3O5/c1-4-18(2)29-24(32)23-17-36-27(31(23)26(34)19-7-5-9-21(28)15-19)11-13-30(14-12-27)25(33)20-8-6-10-22(16-20)35-3/h5-10,15-16,18,23H,4,11-14,17H2,1-3H3,(H,29,32). The van der Waals surface area contributed by atoms with Crippen molar-refractivity contribution in [2.75, 3.05) is 26.8 Å². The Morgan fingerprint density at radius 3 is 2.42 bits per heavy atom. The van der Waals surface area contributed by atoms with Gasteiger partial charge in [0.25, 0.3) is 11.8 Å². The van der Waals surface area contributed by atoms with Gasteiger partial charge in [0.2, 0.25) is 5.91 Å². The maximum absolute atomic E-state index is 13.9. The Morgan fingerprint density at radius 1 is 1.11 bits per heavy atom. The number of nitrogens with zero attached hydrogens (tertiary/aromatic N) is 2. The van der Waals surface area contributed by atoms with Crippen LogP contribution in [0.25, 0.3) is 0 Å². The van der Waals surface area contributed by atoms with Gasteiger partial charge in [-0.15, -0.1) is 0 Å². The summed E-state index contributed by atoms with van der Waals surface area (Å²) in [6.07, 6.45) is 1.40. The molecule has 2 aromatic rings. The van der Waals surface area contributed by atoms with Crippen molar-refractivity contribution in [1.82, 2.24) is 15.1 Å². The zero-order valence-electron chi connectivity index (χ0n) is 20.8. The second-order valence-corrected chi connectivity index (χ2v) is 9.30. The average Bonchev–Trinajstić information content (AvgIpc) is 3.26. The molecule has 2 heterocycles. The number of amides is 3. The molecule has 2 saturated heterocycles. The number of benzene rings is 2. The van der Waals surface area contributed by atoms with Gasteiger partial charge in [-0.25, -0.2) is 4.39 Å². The van der Waals surface area contributed by atoms with Crippen LogP contribution in [0.4, 0.5) is 4.39 Å². The molecule has 2 atom stereocenters. The first-order valence-corrected chi connectivity index (χ1v) is 12.2. The van der Waals surface area contributed by atoms with E-state index in [1.54, 1.807) is 36.3 Å². The Hall–Kier alpha value is -3.46. The SMILES string of the molecule is CCC(C)NC(=O)C1COC2(CCN(C(=O)c3cccc(OC)c3)CC2)N1C(=O)c1cccc(F)c1. The van der Waals surface area contributed by atoms with Crippen LogP contribution in [0.1, 0.15) is 53.8 Å². The van der Waals surface area contributed by atoms with E-state index in [0.29, 0.717) is 37.2 Å². The van der Waals surface area contributed by atoms with Crippen LogP contribution >= 0.6 is 0 Å². The lowest BCUT2D eigenvalue weighted by atomic mass is 9.96. The molecule has 192 valence electrons. The van der Waals surface area contributed by atoms with Crippen LogP contribution in [0.15, 0.2) is 48.5 Å². The third-order valence-electron chi connectivity index (χ3n) is 7.00. The monoisotopic (exact) mass is 497 g/mol. The van der Waals surface area contributed by atoms with Crippen LogP contribution in [0.3, 0.4) is 0 Å². The van der Waals surface area contributed by atoms with Crippen molar-refractivity contribution in [1.29, 1.82) is 0 Å². The summed E-state index contributed by atoms with van der Waals surface area (Å²) in [5, 5.41) is 2.94. The molecule has 2 unspecified atom stereocenters. The molecule has 2 fully saturated rings. The summed E-state index contributed by atoms with van der Waals surface area (Å²) in [5.74, 6) is -0.856. The maximum atomic E-state index is 13.9. The molecule has 2 aromatic carbocycles. The van der Waals surface area contributed by atoms with Crippen molar-refractivity contribution in [3.05, 3.63) is 65.5 Å². The number of methoxy groups -OCH3 is 1. The maximum Gasteiger partial charge on any atom is 0.256 e. The quantitative estimate of drug-likeness (QED) is 0.662. The van der Waals surface area contributed by atoms with Gasteiger partial charge in [0.15, 0.2) is 0 Å². The molecular formula is C27H32FN3O5. The molecule has 0 radical (unpaired) electrons. The third-order valence-corrected chi connectivity index (χ3v) is 7.00. The van der Waals surface area contributed by atoms with E-state index in [9.17, 15) is 18.8 Å². The molecule has 1 N–H and O–H groups in total. The minimum absolute atomic E-state index is 0.0349. The van der Waals surface area contributed by atoms with Crippen molar-refractivity contribution in [3.63, 3.8) is 0 Å². The second kappa shape index (κ2) is 10.7. The van der Waals surface area contributed by atoms with E-state index in [0.717, 1.165) is 6.42 Å². The summed E-state index contributed by atoms with van der Waals surface area (Å²) in [4.78, 5) is 43.1. The van der Waals surface area contributed by atoms with Gasteiger partial charge in [0.05, 0.1) is 13.7 Å². The molecule has 2 aliphatic heterocycles. The highest BCUT2D eigenvalue weighted by Gasteiger charge is 2.54. The minimum Gasteiger partial charge on any atom is -0.497 e. The first-order valence-electron chi connectivity index (χ1n) is 12.2. The minimum atomic E-state index is -1.06. The van der Waals surface area contributed by atoms with Crippen molar-refractivity contribution >= 4 is 17.7 Å². The van der Waals surface area contributed by atoms with Crippen LogP contribution in [0.5, 0.6) is 5.75 Å².